The van der Waals surface area contributed by atoms with Crippen LogP contribution in [-0.4, -0.2) is 48.5 Å². The summed E-state index contributed by atoms with van der Waals surface area (Å²) in [4.78, 5) is 3.95. The number of ether oxygens (including phenoxy) is 1. The van der Waals surface area contributed by atoms with Gasteiger partial charge in [-0.15, -0.1) is 0 Å². The van der Waals surface area contributed by atoms with Crippen molar-refractivity contribution < 1.29 is 13.2 Å². The molecule has 2 aromatic carbocycles. The quantitative estimate of drug-likeness (QED) is 0.565. The largest absolute Gasteiger partial charge is 0.492 e. The molecule has 0 saturated heterocycles. The zero-order chi connectivity index (χ0) is 22.7. The molecule has 4 rings (SSSR count). The molecule has 0 aliphatic heterocycles. The Morgan fingerprint density at radius 1 is 1.22 bits per heavy atom. The Bertz CT molecular complexity index is 1160. The molecule has 1 aromatic heterocycles. The minimum Gasteiger partial charge on any atom is -0.492 e. The molecule has 1 aliphatic carbocycles. The average molecular weight is 455 g/mol. The van der Waals surface area contributed by atoms with E-state index in [-0.39, 0.29) is 30.1 Å². The molecule has 0 fully saturated rings. The third-order valence-corrected chi connectivity index (χ3v) is 7.85. The first-order chi connectivity index (χ1) is 15.3. The van der Waals surface area contributed by atoms with Crippen molar-refractivity contribution in [2.45, 2.75) is 36.2 Å². The van der Waals surface area contributed by atoms with E-state index in [0.717, 1.165) is 25.0 Å². The highest BCUT2D eigenvalue weighted by atomic mass is 32.2. The molecule has 170 valence electrons. The third kappa shape index (κ3) is 4.87. The Balaban J connectivity index is 1.43. The van der Waals surface area contributed by atoms with Crippen molar-refractivity contribution in [2.75, 3.05) is 20.2 Å². The molecule has 0 spiro atoms. The second-order valence-corrected chi connectivity index (χ2v) is 10.4. The number of hydrogen-bond donors (Lipinski definition) is 1. The molecule has 0 saturated carbocycles. The molecular formula is C24H30N4O3S. The number of nitrogens with zero attached hydrogens (tertiary/aromatic N) is 3. The number of imidazole rings is 1. The minimum atomic E-state index is -3.63. The maximum Gasteiger partial charge on any atom is 0.261 e. The van der Waals surface area contributed by atoms with Gasteiger partial charge in [0.2, 0.25) is 0 Å². The fourth-order valence-electron chi connectivity index (χ4n) is 4.21. The fraction of sp³-hybridized carbons (Fsp3) is 0.375. The van der Waals surface area contributed by atoms with Crippen LogP contribution in [0.15, 0.2) is 66.1 Å². The van der Waals surface area contributed by atoms with Crippen LogP contribution in [0.4, 0.5) is 0 Å². The Hall–Kier alpha value is -2.68. The van der Waals surface area contributed by atoms with Crippen LogP contribution in [0.5, 0.6) is 5.75 Å². The van der Waals surface area contributed by atoms with Crippen LogP contribution in [-0.2, 0) is 29.9 Å². The summed E-state index contributed by atoms with van der Waals surface area (Å²) in [6.45, 7) is 0.472. The Morgan fingerprint density at radius 3 is 2.72 bits per heavy atom. The lowest BCUT2D eigenvalue weighted by molar-refractivity contribution is 0.286. The predicted molar refractivity (Wildman–Crippen MR) is 124 cm³/mol. The van der Waals surface area contributed by atoms with Gasteiger partial charge in [0.15, 0.2) is 5.03 Å². The number of likely N-dealkylation sites (N-methyl/N-ethyl adjacent to an activating group) is 1. The highest BCUT2D eigenvalue weighted by Gasteiger charge is 2.28. The van der Waals surface area contributed by atoms with Crippen molar-refractivity contribution in [1.29, 1.82) is 0 Å². The van der Waals surface area contributed by atoms with E-state index in [4.69, 9.17) is 10.5 Å². The van der Waals surface area contributed by atoms with Gasteiger partial charge in [-0.05, 0) is 48.1 Å². The van der Waals surface area contributed by atoms with E-state index in [1.165, 1.54) is 40.6 Å². The van der Waals surface area contributed by atoms with Gasteiger partial charge >= 0.3 is 0 Å². The fourth-order valence-corrected chi connectivity index (χ4v) is 5.33. The van der Waals surface area contributed by atoms with Crippen molar-refractivity contribution in [3.63, 3.8) is 0 Å². The second-order valence-electron chi connectivity index (χ2n) is 8.41. The van der Waals surface area contributed by atoms with Crippen molar-refractivity contribution in [3.05, 3.63) is 77.7 Å². The summed E-state index contributed by atoms with van der Waals surface area (Å²) in [6, 6.07) is 16.7. The van der Waals surface area contributed by atoms with E-state index in [0.29, 0.717) is 0 Å². The van der Waals surface area contributed by atoms with Crippen molar-refractivity contribution in [2.24, 2.45) is 12.8 Å². The Morgan fingerprint density at radius 2 is 2.00 bits per heavy atom. The van der Waals surface area contributed by atoms with Gasteiger partial charge in [-0.1, -0.05) is 36.4 Å². The van der Waals surface area contributed by atoms with Crippen molar-refractivity contribution >= 4 is 10.0 Å². The molecule has 2 N–H and O–H groups in total. The number of benzene rings is 2. The molecule has 1 aliphatic rings. The molecule has 0 radical (unpaired) electrons. The number of hydrogen-bond acceptors (Lipinski definition) is 5. The molecule has 32 heavy (non-hydrogen) atoms. The van der Waals surface area contributed by atoms with E-state index in [9.17, 15) is 8.42 Å². The SMILES string of the molecule is CN(CCOc1ccc2c(c1)C(Cc1ccccc1)C(N)CC2)S(=O)(=O)c1cn(C)cn1. The van der Waals surface area contributed by atoms with Crippen LogP contribution in [0.25, 0.3) is 0 Å². The average Bonchev–Trinajstić information content (AvgIpc) is 3.23. The van der Waals surface area contributed by atoms with Crippen LogP contribution in [0, 0.1) is 0 Å². The topological polar surface area (TPSA) is 90.5 Å². The summed E-state index contributed by atoms with van der Waals surface area (Å²) >= 11 is 0. The number of nitrogens with two attached hydrogens (primary N) is 1. The van der Waals surface area contributed by atoms with Gasteiger partial charge in [-0.25, -0.2) is 13.4 Å². The molecular weight excluding hydrogens is 424 g/mol. The molecule has 0 amide bonds. The molecule has 8 heteroatoms. The lowest BCUT2D eigenvalue weighted by Gasteiger charge is -2.32. The van der Waals surface area contributed by atoms with Crippen LogP contribution in [0.2, 0.25) is 0 Å². The highest BCUT2D eigenvalue weighted by molar-refractivity contribution is 7.89. The van der Waals surface area contributed by atoms with Crippen LogP contribution >= 0.6 is 0 Å². The predicted octanol–water partition coefficient (Wildman–Crippen LogP) is 2.72. The van der Waals surface area contributed by atoms with Gasteiger partial charge in [0.1, 0.15) is 12.4 Å². The van der Waals surface area contributed by atoms with E-state index in [1.54, 1.807) is 11.6 Å². The van der Waals surface area contributed by atoms with E-state index >= 15 is 0 Å². The molecule has 0 bridgehead atoms. The summed E-state index contributed by atoms with van der Waals surface area (Å²) in [5.41, 5.74) is 10.3. The molecule has 1 heterocycles. The van der Waals surface area contributed by atoms with Crippen molar-refractivity contribution in [1.82, 2.24) is 13.9 Å². The second kappa shape index (κ2) is 9.44. The molecule has 2 atom stereocenters. The van der Waals surface area contributed by atoms with Gasteiger partial charge in [-0.3, -0.25) is 0 Å². The maximum atomic E-state index is 12.6. The van der Waals surface area contributed by atoms with Gasteiger partial charge in [0, 0.05) is 38.8 Å². The summed E-state index contributed by atoms with van der Waals surface area (Å²) in [6.07, 6.45) is 5.80. The molecule has 7 nitrogen and oxygen atoms in total. The van der Waals surface area contributed by atoms with Gasteiger partial charge in [0.05, 0.1) is 6.33 Å². The lowest BCUT2D eigenvalue weighted by Crippen LogP contribution is -2.34. The van der Waals surface area contributed by atoms with E-state index in [2.05, 4.69) is 41.4 Å². The smallest absolute Gasteiger partial charge is 0.261 e. The standard InChI is InChI=1S/C24H30N4O3S/c1-27-16-24(26-17-27)32(29,30)28(2)12-13-31-20-10-8-19-9-11-23(25)22(21(19)15-20)14-18-6-4-3-5-7-18/h3-8,10,15-17,22-23H,9,11-14,25H2,1-2H3. The Kier molecular flexibility index (Phi) is 6.64. The van der Waals surface area contributed by atoms with Gasteiger partial charge < -0.3 is 15.0 Å². The van der Waals surface area contributed by atoms with Gasteiger partial charge in [0.25, 0.3) is 10.0 Å². The highest BCUT2D eigenvalue weighted by Crippen LogP contribution is 2.35. The zero-order valence-corrected chi connectivity index (χ0v) is 19.3. The maximum absolute atomic E-state index is 12.6. The minimum absolute atomic E-state index is 0.0361. The van der Waals surface area contributed by atoms with Gasteiger partial charge in [-0.2, -0.15) is 4.31 Å². The summed E-state index contributed by atoms with van der Waals surface area (Å²) < 4.78 is 34.0. The lowest BCUT2D eigenvalue weighted by atomic mass is 9.76. The van der Waals surface area contributed by atoms with Crippen LogP contribution in [0.3, 0.4) is 0 Å². The molecule has 3 aromatic rings. The Labute approximate surface area is 189 Å². The number of fused-ring (bicyclic) bond motifs is 1. The number of rotatable bonds is 8. The number of aromatic nitrogens is 2. The van der Waals surface area contributed by atoms with Crippen LogP contribution in [0.1, 0.15) is 29.0 Å². The van der Waals surface area contributed by atoms with E-state index < -0.39 is 10.0 Å². The van der Waals surface area contributed by atoms with E-state index in [1.807, 2.05) is 12.1 Å². The van der Waals surface area contributed by atoms with Crippen LogP contribution < -0.4 is 10.5 Å². The monoisotopic (exact) mass is 454 g/mol. The first-order valence-corrected chi connectivity index (χ1v) is 12.3. The number of aryl methyl sites for hydroxylation is 2. The summed E-state index contributed by atoms with van der Waals surface area (Å²) in [7, 11) is -0.358. The first kappa shape index (κ1) is 22.5. The first-order valence-electron chi connectivity index (χ1n) is 10.8. The summed E-state index contributed by atoms with van der Waals surface area (Å²) in [5.74, 6) is 0.969. The number of sulfonamides is 1. The molecule has 2 unspecified atom stereocenters. The zero-order valence-electron chi connectivity index (χ0n) is 18.5. The van der Waals surface area contributed by atoms with Crippen molar-refractivity contribution in [3.8, 4) is 5.75 Å². The normalized spacial score (nSPS) is 18.5. The third-order valence-electron chi connectivity index (χ3n) is 6.11. The summed E-state index contributed by atoms with van der Waals surface area (Å²) in [5, 5.41) is 0.0361.